The van der Waals surface area contributed by atoms with E-state index in [1.807, 2.05) is 18.2 Å². The molecule has 0 radical (unpaired) electrons. The number of carbonyl (C=O) groups is 4. The average Bonchev–Trinajstić information content (AvgIpc) is 0.919. The first-order valence-corrected chi connectivity index (χ1v) is 42.8. The fourth-order valence-electron chi connectivity index (χ4n) is 10.3. The molecule has 0 bridgehead atoms. The Hall–Kier alpha value is -4.54. The zero-order valence-corrected chi connectivity index (χ0v) is 65.8. The van der Waals surface area contributed by atoms with Crippen LogP contribution in [0.4, 0.5) is 0 Å². The lowest BCUT2D eigenvalue weighted by molar-refractivity contribution is -0.161. The van der Waals surface area contributed by atoms with Gasteiger partial charge in [-0.2, -0.15) is 0 Å². The molecule has 0 saturated heterocycles. The van der Waals surface area contributed by atoms with E-state index in [2.05, 4.69) is 125 Å². The molecule has 0 aromatic rings. The fraction of sp³-hybridized carbons (Fsp3) is 0.711. The monoisotopic (exact) mass is 1470 g/mol. The minimum atomic E-state index is -5.00. The van der Waals surface area contributed by atoms with Crippen molar-refractivity contribution in [3.05, 3.63) is 122 Å². The van der Waals surface area contributed by atoms with Crippen molar-refractivity contribution in [1.82, 2.24) is 0 Å². The third-order valence-corrected chi connectivity index (χ3v) is 18.3. The minimum absolute atomic E-state index is 0.0640. The number of hydrogen-bond donors (Lipinski definition) is 3. The smallest absolute Gasteiger partial charge is 0.462 e. The molecule has 0 heterocycles. The van der Waals surface area contributed by atoms with Gasteiger partial charge in [-0.05, 0) is 141 Å². The van der Waals surface area contributed by atoms with Gasteiger partial charge in [-0.3, -0.25) is 37.3 Å². The summed E-state index contributed by atoms with van der Waals surface area (Å²) in [4.78, 5) is 72.9. The normalized spacial score (nSPS) is 14.5. The topological polar surface area (TPSA) is 237 Å². The summed E-state index contributed by atoms with van der Waals surface area (Å²) in [7, 11) is -9.99. The lowest BCUT2D eigenvalue weighted by Gasteiger charge is -2.21. The lowest BCUT2D eigenvalue weighted by atomic mass is 10.1. The van der Waals surface area contributed by atoms with Crippen molar-refractivity contribution in [2.45, 2.75) is 341 Å². The molecule has 0 amide bonds. The molecule has 0 saturated carbocycles. The second kappa shape index (κ2) is 74.7. The van der Waals surface area contributed by atoms with Gasteiger partial charge >= 0.3 is 39.5 Å². The molecular formula is C83H142O17P2. The second-order valence-electron chi connectivity index (χ2n) is 26.3. The first kappa shape index (κ1) is 97.5. The highest BCUT2D eigenvalue weighted by atomic mass is 31.2. The summed E-state index contributed by atoms with van der Waals surface area (Å²) in [5.74, 6) is -2.35. The summed E-state index contributed by atoms with van der Waals surface area (Å²) < 4.78 is 68.4. The van der Waals surface area contributed by atoms with Crippen LogP contribution in [0.15, 0.2) is 122 Å². The van der Waals surface area contributed by atoms with E-state index >= 15 is 0 Å². The van der Waals surface area contributed by atoms with Crippen molar-refractivity contribution in [2.75, 3.05) is 39.6 Å². The molecule has 5 unspecified atom stereocenters. The predicted octanol–water partition coefficient (Wildman–Crippen LogP) is 23.1. The molecule has 0 aliphatic carbocycles. The number of rotatable bonds is 74. The molecule has 0 aliphatic heterocycles. The maximum atomic E-state index is 13.1. The average molecular weight is 1470 g/mol. The van der Waals surface area contributed by atoms with Crippen molar-refractivity contribution in [3.63, 3.8) is 0 Å². The molecular weight excluding hydrogens is 1330 g/mol. The molecule has 102 heavy (non-hydrogen) atoms. The van der Waals surface area contributed by atoms with Crippen LogP contribution >= 0.6 is 15.6 Å². The zero-order valence-electron chi connectivity index (χ0n) is 64.0. The van der Waals surface area contributed by atoms with Gasteiger partial charge in [0.25, 0.3) is 0 Å². The van der Waals surface area contributed by atoms with Crippen molar-refractivity contribution in [2.24, 2.45) is 0 Å². The van der Waals surface area contributed by atoms with Crippen LogP contribution in [0.5, 0.6) is 0 Å². The molecule has 0 aliphatic rings. The van der Waals surface area contributed by atoms with Gasteiger partial charge in [0.15, 0.2) is 12.2 Å². The summed E-state index contributed by atoms with van der Waals surface area (Å²) in [6.07, 6.45) is 82.1. The van der Waals surface area contributed by atoms with Gasteiger partial charge in [0.2, 0.25) is 0 Å². The summed E-state index contributed by atoms with van der Waals surface area (Å²) in [6, 6.07) is 0. The van der Waals surface area contributed by atoms with Gasteiger partial charge in [-0.1, -0.05) is 278 Å². The third-order valence-electron chi connectivity index (χ3n) is 16.4. The van der Waals surface area contributed by atoms with Gasteiger partial charge in [-0.25, -0.2) is 9.13 Å². The van der Waals surface area contributed by atoms with Gasteiger partial charge in [-0.15, -0.1) is 0 Å². The summed E-state index contributed by atoms with van der Waals surface area (Å²) >= 11 is 0. The van der Waals surface area contributed by atoms with E-state index in [1.165, 1.54) is 83.5 Å². The Labute approximate surface area is 619 Å². The van der Waals surface area contributed by atoms with Gasteiger partial charge < -0.3 is 33.8 Å². The molecule has 0 rings (SSSR count). The molecule has 5 atom stereocenters. The SMILES string of the molecule is CC/C=C\C/C=C\C/C=C\C/C=C\C/C=C\CC(=O)OCC(COP(=O)(O)OCC(O)COP(=O)(O)OCC(COC(=O)CCCCCCCC/C=C\C/C=C\C/C=C\CCCCC)OC(=O)CCCCCCC/C=C\CCCCCC)OC(=O)CCCCCCC/C=C\CCCCCCCC. The molecule has 586 valence electrons. The summed E-state index contributed by atoms with van der Waals surface area (Å²) in [5, 5.41) is 10.6. The molecule has 17 nitrogen and oxygen atoms in total. The van der Waals surface area contributed by atoms with Gasteiger partial charge in [0.05, 0.1) is 32.8 Å². The number of unbranched alkanes of at least 4 members (excludes halogenated alkanes) is 29. The Kier molecular flexibility index (Phi) is 71.4. The minimum Gasteiger partial charge on any atom is -0.462 e. The van der Waals surface area contributed by atoms with Gasteiger partial charge in [0, 0.05) is 19.3 Å². The summed E-state index contributed by atoms with van der Waals surface area (Å²) in [6.45, 7) is 4.58. The van der Waals surface area contributed by atoms with E-state index in [9.17, 15) is 43.2 Å². The van der Waals surface area contributed by atoms with E-state index in [0.29, 0.717) is 25.7 Å². The van der Waals surface area contributed by atoms with Crippen LogP contribution in [0.2, 0.25) is 0 Å². The summed E-state index contributed by atoms with van der Waals surface area (Å²) in [5.41, 5.74) is 0. The standard InChI is InChI=1S/C83H142O17P2/c1-5-9-13-17-21-25-29-33-36-37-38-39-42-45-48-52-56-60-64-68-81(86)94-73-78(99-82(87)69-65-61-57-53-49-43-32-28-24-20-16-12-8-4)75-97-101(89,90)95-71-77(84)72-96-102(91,92)98-76-79(100-83(88)70-66-62-58-54-50-46-41-35-31-27-23-19-15-11-7-3)74-93-80(85)67-63-59-55-51-47-44-40-34-30-26-22-18-14-10-6-2/h10,14,21-22,25-26,28,32-36,38-41,47,51,59,63,77-79,84H,5-9,11-13,15-20,23-24,27,29-31,37,42-46,48-50,52-58,60-62,64-76H2,1-4H3,(H,89,90)(H,91,92)/b14-10-,25-21-,26-22-,32-28-,36-33-,39-38-,40-34-,41-35-,51-47-,63-59-. The van der Waals surface area contributed by atoms with E-state index in [1.54, 1.807) is 6.08 Å². The molecule has 0 aromatic heterocycles. The molecule has 0 aromatic carbocycles. The Morgan fingerprint density at radius 1 is 0.294 bits per heavy atom. The Morgan fingerprint density at radius 3 is 0.912 bits per heavy atom. The predicted molar refractivity (Wildman–Crippen MR) is 418 cm³/mol. The number of phosphoric acid groups is 2. The molecule has 0 fully saturated rings. The number of carbonyl (C=O) groups excluding carboxylic acids is 4. The number of ether oxygens (including phenoxy) is 4. The Bertz CT molecular complexity index is 2410. The maximum absolute atomic E-state index is 13.1. The highest BCUT2D eigenvalue weighted by Gasteiger charge is 2.30. The van der Waals surface area contributed by atoms with Gasteiger partial charge in [0.1, 0.15) is 19.3 Å². The van der Waals surface area contributed by atoms with Crippen molar-refractivity contribution in [3.8, 4) is 0 Å². The van der Waals surface area contributed by atoms with Crippen molar-refractivity contribution in [1.29, 1.82) is 0 Å². The first-order chi connectivity index (χ1) is 49.7. The molecule has 3 N–H and O–H groups in total. The third kappa shape index (κ3) is 73.8. The maximum Gasteiger partial charge on any atom is 0.472 e. The van der Waals surface area contributed by atoms with E-state index in [4.69, 9.17) is 37.0 Å². The van der Waals surface area contributed by atoms with Crippen LogP contribution in [0.3, 0.4) is 0 Å². The largest absolute Gasteiger partial charge is 0.472 e. The van der Waals surface area contributed by atoms with Crippen molar-refractivity contribution < 1.29 is 80.2 Å². The number of aliphatic hydroxyl groups is 1. The van der Waals surface area contributed by atoms with Crippen LogP contribution in [-0.2, 0) is 65.4 Å². The van der Waals surface area contributed by atoms with Crippen molar-refractivity contribution >= 4 is 39.5 Å². The van der Waals surface area contributed by atoms with Crippen LogP contribution in [0.25, 0.3) is 0 Å². The Morgan fingerprint density at radius 2 is 0.549 bits per heavy atom. The number of phosphoric ester groups is 2. The van der Waals surface area contributed by atoms with Crippen LogP contribution in [0.1, 0.15) is 323 Å². The highest BCUT2D eigenvalue weighted by molar-refractivity contribution is 7.47. The number of hydrogen-bond acceptors (Lipinski definition) is 15. The number of allylic oxidation sites excluding steroid dienone is 19. The quantitative estimate of drug-likeness (QED) is 0.0169. The first-order valence-electron chi connectivity index (χ1n) is 39.8. The van der Waals surface area contributed by atoms with Crippen LogP contribution in [0, 0.1) is 0 Å². The fourth-order valence-corrected chi connectivity index (χ4v) is 11.9. The van der Waals surface area contributed by atoms with Crippen LogP contribution < -0.4 is 0 Å². The second-order valence-corrected chi connectivity index (χ2v) is 29.2. The Balaban J connectivity index is 5.41. The molecule has 19 heteroatoms. The van der Waals surface area contributed by atoms with E-state index in [-0.39, 0.29) is 25.7 Å². The van der Waals surface area contributed by atoms with E-state index < -0.39 is 97.5 Å². The number of esters is 4. The number of aliphatic hydroxyl groups excluding tert-OH is 1. The highest BCUT2D eigenvalue weighted by Crippen LogP contribution is 2.45. The van der Waals surface area contributed by atoms with Crippen LogP contribution in [-0.4, -0.2) is 96.7 Å². The lowest BCUT2D eigenvalue weighted by Crippen LogP contribution is -2.30. The molecule has 0 spiro atoms. The van der Waals surface area contributed by atoms with E-state index in [0.717, 1.165) is 161 Å². The zero-order chi connectivity index (χ0) is 74.6.